The molecule has 0 amide bonds. The lowest BCUT2D eigenvalue weighted by atomic mass is 9.94. The van der Waals surface area contributed by atoms with E-state index in [1.165, 1.54) is 5.56 Å². The van der Waals surface area contributed by atoms with Crippen LogP contribution in [0, 0.1) is 20.8 Å². The van der Waals surface area contributed by atoms with Gasteiger partial charge < -0.3 is 4.74 Å². The van der Waals surface area contributed by atoms with Crippen LogP contribution < -0.4 is 0 Å². The van der Waals surface area contributed by atoms with Crippen molar-refractivity contribution in [1.82, 2.24) is 0 Å². The smallest absolute Gasteiger partial charge is 0.191 e. The van der Waals surface area contributed by atoms with E-state index in [-0.39, 0.29) is 11.9 Å². The molecule has 0 saturated heterocycles. The number of rotatable bonds is 5. The number of carbonyl (C=O) groups is 1. The summed E-state index contributed by atoms with van der Waals surface area (Å²) in [6.07, 6.45) is 1.43. The Bertz CT molecular complexity index is 408. The highest BCUT2D eigenvalue weighted by molar-refractivity contribution is 6.01. The van der Waals surface area contributed by atoms with Gasteiger partial charge in [-0.1, -0.05) is 19.4 Å². The molecule has 0 aliphatic heterocycles. The van der Waals surface area contributed by atoms with Crippen LogP contribution in [0.5, 0.6) is 0 Å². The second kappa shape index (κ2) is 5.97. The summed E-state index contributed by atoms with van der Waals surface area (Å²) in [4.78, 5) is 12.3. The van der Waals surface area contributed by atoms with Gasteiger partial charge in [0.15, 0.2) is 5.78 Å². The van der Waals surface area contributed by atoms with E-state index in [9.17, 15) is 4.79 Å². The number of carbonyl (C=O) groups excluding carboxylic acids is 1. The third-order valence-electron chi connectivity index (χ3n) is 3.23. The summed E-state index contributed by atoms with van der Waals surface area (Å²) in [6, 6.07) is 4.05. The molecule has 0 aliphatic carbocycles. The maximum atomic E-state index is 12.3. The summed E-state index contributed by atoms with van der Waals surface area (Å²) < 4.78 is 5.28. The van der Waals surface area contributed by atoms with Crippen molar-refractivity contribution in [2.24, 2.45) is 0 Å². The normalized spacial score (nSPS) is 12.5. The first kappa shape index (κ1) is 13.9. The Morgan fingerprint density at radius 3 is 2.29 bits per heavy atom. The zero-order valence-corrected chi connectivity index (χ0v) is 11.5. The highest BCUT2D eigenvalue weighted by Crippen LogP contribution is 2.19. The summed E-state index contributed by atoms with van der Waals surface area (Å²) >= 11 is 0. The Kier molecular flexibility index (Phi) is 4.88. The maximum Gasteiger partial charge on any atom is 0.191 e. The quantitative estimate of drug-likeness (QED) is 0.727. The standard InChI is InChI=1S/C15H22O2/c1-6-7-14(17-5)15(16)13-9-11(3)10(2)8-12(13)4/h8-9,14H,6-7H2,1-5H3. The lowest BCUT2D eigenvalue weighted by molar-refractivity contribution is 0.0578. The second-order valence-corrected chi connectivity index (χ2v) is 4.63. The lowest BCUT2D eigenvalue weighted by Gasteiger charge is -2.16. The SMILES string of the molecule is CCCC(OC)C(=O)c1cc(C)c(C)cc1C. The number of hydrogen-bond donors (Lipinski definition) is 0. The predicted octanol–water partition coefficient (Wildman–Crippen LogP) is 3.61. The molecule has 0 heterocycles. The van der Waals surface area contributed by atoms with Crippen molar-refractivity contribution in [1.29, 1.82) is 0 Å². The Morgan fingerprint density at radius 2 is 1.76 bits per heavy atom. The van der Waals surface area contributed by atoms with Crippen LogP contribution >= 0.6 is 0 Å². The van der Waals surface area contributed by atoms with Gasteiger partial charge in [0, 0.05) is 12.7 Å². The van der Waals surface area contributed by atoms with E-state index < -0.39 is 0 Å². The zero-order valence-electron chi connectivity index (χ0n) is 11.5. The van der Waals surface area contributed by atoms with Gasteiger partial charge in [-0.25, -0.2) is 0 Å². The molecule has 0 bridgehead atoms. The monoisotopic (exact) mass is 234 g/mol. The molecule has 0 aliphatic rings. The molecule has 1 rings (SSSR count). The first-order chi connectivity index (χ1) is 8.01. The average Bonchev–Trinajstić information content (AvgIpc) is 2.30. The van der Waals surface area contributed by atoms with Crippen molar-refractivity contribution in [3.63, 3.8) is 0 Å². The molecular weight excluding hydrogens is 212 g/mol. The van der Waals surface area contributed by atoms with Crippen molar-refractivity contribution < 1.29 is 9.53 Å². The average molecular weight is 234 g/mol. The van der Waals surface area contributed by atoms with Crippen molar-refractivity contribution in [2.75, 3.05) is 7.11 Å². The van der Waals surface area contributed by atoms with Gasteiger partial charge in [-0.2, -0.15) is 0 Å². The van der Waals surface area contributed by atoms with Gasteiger partial charge in [0.25, 0.3) is 0 Å². The molecule has 1 aromatic carbocycles. The van der Waals surface area contributed by atoms with Crippen molar-refractivity contribution in [3.05, 3.63) is 34.4 Å². The fraction of sp³-hybridized carbons (Fsp3) is 0.533. The van der Waals surface area contributed by atoms with Gasteiger partial charge in [0.1, 0.15) is 6.10 Å². The van der Waals surface area contributed by atoms with E-state index in [4.69, 9.17) is 4.74 Å². The van der Waals surface area contributed by atoms with E-state index in [2.05, 4.69) is 19.9 Å². The molecule has 1 unspecified atom stereocenters. The first-order valence-electron chi connectivity index (χ1n) is 6.16. The number of benzene rings is 1. The van der Waals surface area contributed by atoms with Gasteiger partial charge in [-0.05, 0) is 49.9 Å². The summed E-state index contributed by atoms with van der Waals surface area (Å²) in [5.74, 6) is 0.106. The van der Waals surface area contributed by atoms with Crippen LogP contribution in [0.3, 0.4) is 0 Å². The van der Waals surface area contributed by atoms with Crippen LogP contribution in [0.4, 0.5) is 0 Å². The number of aryl methyl sites for hydroxylation is 3. The van der Waals surface area contributed by atoms with Crippen LogP contribution in [0.15, 0.2) is 12.1 Å². The minimum Gasteiger partial charge on any atom is -0.373 e. The Morgan fingerprint density at radius 1 is 1.18 bits per heavy atom. The van der Waals surface area contributed by atoms with Gasteiger partial charge >= 0.3 is 0 Å². The van der Waals surface area contributed by atoms with Gasteiger partial charge in [0.05, 0.1) is 0 Å². The molecule has 94 valence electrons. The number of ketones is 1. The molecule has 2 heteroatoms. The number of hydrogen-bond acceptors (Lipinski definition) is 2. The Labute approximate surface area is 104 Å². The molecule has 0 radical (unpaired) electrons. The van der Waals surface area contributed by atoms with Crippen molar-refractivity contribution in [2.45, 2.75) is 46.6 Å². The van der Waals surface area contributed by atoms with Crippen LogP contribution in [0.25, 0.3) is 0 Å². The molecule has 2 nitrogen and oxygen atoms in total. The summed E-state index contributed by atoms with van der Waals surface area (Å²) in [5.41, 5.74) is 4.22. The lowest BCUT2D eigenvalue weighted by Crippen LogP contribution is -2.23. The molecule has 0 fully saturated rings. The number of ether oxygens (including phenoxy) is 1. The Balaban J connectivity index is 3.07. The van der Waals surface area contributed by atoms with E-state index in [0.29, 0.717) is 0 Å². The van der Waals surface area contributed by atoms with E-state index in [1.54, 1.807) is 7.11 Å². The van der Waals surface area contributed by atoms with Gasteiger partial charge in [0.2, 0.25) is 0 Å². The summed E-state index contributed by atoms with van der Waals surface area (Å²) in [7, 11) is 1.61. The summed E-state index contributed by atoms with van der Waals surface area (Å²) in [5, 5.41) is 0. The maximum absolute atomic E-state index is 12.3. The van der Waals surface area contributed by atoms with E-state index >= 15 is 0 Å². The van der Waals surface area contributed by atoms with Crippen LogP contribution in [0.2, 0.25) is 0 Å². The first-order valence-corrected chi connectivity index (χ1v) is 6.16. The van der Waals surface area contributed by atoms with Crippen LogP contribution in [0.1, 0.15) is 46.8 Å². The summed E-state index contributed by atoms with van der Waals surface area (Å²) in [6.45, 7) is 8.15. The largest absolute Gasteiger partial charge is 0.373 e. The molecule has 0 aromatic heterocycles. The second-order valence-electron chi connectivity index (χ2n) is 4.63. The van der Waals surface area contributed by atoms with Gasteiger partial charge in [-0.15, -0.1) is 0 Å². The van der Waals surface area contributed by atoms with Crippen molar-refractivity contribution >= 4 is 5.78 Å². The predicted molar refractivity (Wildman–Crippen MR) is 70.7 cm³/mol. The third kappa shape index (κ3) is 3.16. The molecule has 17 heavy (non-hydrogen) atoms. The highest BCUT2D eigenvalue weighted by Gasteiger charge is 2.20. The molecular formula is C15H22O2. The van der Waals surface area contributed by atoms with Crippen LogP contribution in [-0.4, -0.2) is 19.0 Å². The number of methoxy groups -OCH3 is 1. The molecule has 0 saturated carbocycles. The fourth-order valence-corrected chi connectivity index (χ4v) is 2.02. The van der Waals surface area contributed by atoms with E-state index in [1.807, 2.05) is 19.9 Å². The van der Waals surface area contributed by atoms with E-state index in [0.717, 1.165) is 29.5 Å². The topological polar surface area (TPSA) is 26.3 Å². The van der Waals surface area contributed by atoms with Crippen molar-refractivity contribution in [3.8, 4) is 0 Å². The van der Waals surface area contributed by atoms with Crippen LogP contribution in [-0.2, 0) is 4.74 Å². The zero-order chi connectivity index (χ0) is 13.0. The molecule has 0 spiro atoms. The third-order valence-corrected chi connectivity index (χ3v) is 3.23. The fourth-order valence-electron chi connectivity index (χ4n) is 2.02. The van der Waals surface area contributed by atoms with Gasteiger partial charge in [-0.3, -0.25) is 4.79 Å². The number of Topliss-reactive ketones (excluding diaryl/α,β-unsaturated/α-hetero) is 1. The minimum absolute atomic E-state index is 0.106. The Hall–Kier alpha value is -1.15. The molecule has 1 atom stereocenters. The highest BCUT2D eigenvalue weighted by atomic mass is 16.5. The minimum atomic E-state index is -0.305. The molecule has 1 aromatic rings. The molecule has 0 N–H and O–H groups in total.